The van der Waals surface area contributed by atoms with Crippen LogP contribution in [0, 0.1) is 0 Å². The van der Waals surface area contributed by atoms with E-state index in [1.807, 2.05) is 24.3 Å². The minimum Gasteiger partial charge on any atom is -0.491 e. The number of amides is 1. The highest BCUT2D eigenvalue weighted by atomic mass is 16.5. The highest BCUT2D eigenvalue weighted by Crippen LogP contribution is 2.24. The van der Waals surface area contributed by atoms with Gasteiger partial charge in [-0.25, -0.2) is 4.79 Å². The summed E-state index contributed by atoms with van der Waals surface area (Å²) in [6, 6.07) is 5.08. The molecule has 0 aliphatic carbocycles. The number of methoxy groups -OCH3 is 1. The van der Waals surface area contributed by atoms with Gasteiger partial charge in [0.05, 0.1) is 19.9 Å². The SMILES string of the molecule is COC(=O)c1c(OCCN2CCCC2=O)cc(=O)n2c1CCN(CC=Cc1ccco1)CC2. The van der Waals surface area contributed by atoms with Crippen molar-refractivity contribution in [2.24, 2.45) is 0 Å². The maximum Gasteiger partial charge on any atom is 0.343 e. The number of hydrogen-bond donors (Lipinski definition) is 0. The number of carbonyl (C=O) groups excluding carboxylic acids is 2. The summed E-state index contributed by atoms with van der Waals surface area (Å²) < 4.78 is 17.8. The van der Waals surface area contributed by atoms with Gasteiger partial charge in [0.2, 0.25) is 5.91 Å². The maximum atomic E-state index is 12.9. The van der Waals surface area contributed by atoms with Gasteiger partial charge >= 0.3 is 5.97 Å². The molecule has 9 heteroatoms. The zero-order valence-corrected chi connectivity index (χ0v) is 18.8. The summed E-state index contributed by atoms with van der Waals surface area (Å²) >= 11 is 0. The third-order valence-electron chi connectivity index (χ3n) is 6.05. The Balaban J connectivity index is 1.49. The average Bonchev–Trinajstić information content (AvgIpc) is 3.42. The fraction of sp³-hybridized carbons (Fsp3) is 0.458. The van der Waals surface area contributed by atoms with Crippen LogP contribution in [0.15, 0.2) is 39.7 Å². The van der Waals surface area contributed by atoms with Crippen molar-refractivity contribution in [1.82, 2.24) is 14.4 Å². The van der Waals surface area contributed by atoms with Crippen molar-refractivity contribution in [2.75, 3.05) is 46.4 Å². The van der Waals surface area contributed by atoms with Crippen molar-refractivity contribution >= 4 is 18.0 Å². The molecule has 9 nitrogen and oxygen atoms in total. The molecule has 0 atom stereocenters. The largest absolute Gasteiger partial charge is 0.491 e. The Labute approximate surface area is 192 Å². The number of hydrogen-bond acceptors (Lipinski definition) is 7. The molecule has 1 amide bonds. The van der Waals surface area contributed by atoms with E-state index in [2.05, 4.69) is 4.90 Å². The number of fused-ring (bicyclic) bond motifs is 1. The number of rotatable bonds is 8. The summed E-state index contributed by atoms with van der Waals surface area (Å²) in [5.74, 6) is 0.581. The van der Waals surface area contributed by atoms with E-state index in [0.29, 0.717) is 57.8 Å². The fourth-order valence-electron chi connectivity index (χ4n) is 4.32. The number of furan rings is 1. The third-order valence-corrected chi connectivity index (χ3v) is 6.05. The van der Waals surface area contributed by atoms with Crippen LogP contribution in [0.1, 0.15) is 34.7 Å². The lowest BCUT2D eigenvalue weighted by Gasteiger charge is -2.19. The summed E-state index contributed by atoms with van der Waals surface area (Å²) in [6.07, 6.45) is 7.48. The monoisotopic (exact) mass is 455 g/mol. The summed E-state index contributed by atoms with van der Waals surface area (Å²) in [5.41, 5.74) is 0.704. The minimum absolute atomic E-state index is 0.106. The standard InChI is InChI=1S/C24H29N3O6/c1-31-24(30)23-19-8-11-25(9-2-5-18-6-4-15-32-18)12-13-27(19)22(29)17-20(23)33-16-14-26-10-3-7-21(26)28/h2,4-6,15,17H,3,7-14,16H2,1H3. The quantitative estimate of drug-likeness (QED) is 0.560. The number of ether oxygens (including phenoxy) is 2. The fourth-order valence-corrected chi connectivity index (χ4v) is 4.32. The normalized spacial score (nSPS) is 16.8. The molecule has 0 N–H and O–H groups in total. The lowest BCUT2D eigenvalue weighted by Crippen LogP contribution is -2.31. The highest BCUT2D eigenvalue weighted by Gasteiger charge is 2.26. The molecular formula is C24H29N3O6. The van der Waals surface area contributed by atoms with Gasteiger partial charge in [-0.15, -0.1) is 0 Å². The molecule has 176 valence electrons. The second-order valence-corrected chi connectivity index (χ2v) is 8.11. The predicted molar refractivity (Wildman–Crippen MR) is 121 cm³/mol. The van der Waals surface area contributed by atoms with Crippen LogP contribution in [-0.4, -0.2) is 72.7 Å². The predicted octanol–water partition coefficient (Wildman–Crippen LogP) is 1.80. The van der Waals surface area contributed by atoms with Crippen LogP contribution in [0.2, 0.25) is 0 Å². The Hall–Kier alpha value is -3.33. The van der Waals surface area contributed by atoms with Crippen LogP contribution in [0.5, 0.6) is 5.75 Å². The van der Waals surface area contributed by atoms with Gasteiger partial charge in [0, 0.05) is 57.3 Å². The molecule has 2 aromatic heterocycles. The smallest absolute Gasteiger partial charge is 0.343 e. The van der Waals surface area contributed by atoms with Crippen molar-refractivity contribution in [2.45, 2.75) is 25.8 Å². The van der Waals surface area contributed by atoms with Gasteiger partial charge in [-0.1, -0.05) is 6.08 Å². The van der Waals surface area contributed by atoms with E-state index in [1.54, 1.807) is 15.7 Å². The molecule has 0 bridgehead atoms. The third kappa shape index (κ3) is 5.36. The van der Waals surface area contributed by atoms with Gasteiger partial charge < -0.3 is 23.4 Å². The maximum absolute atomic E-state index is 12.9. The molecule has 2 aliphatic rings. The molecule has 4 rings (SSSR count). The first-order valence-corrected chi connectivity index (χ1v) is 11.2. The lowest BCUT2D eigenvalue weighted by atomic mass is 10.1. The number of carbonyl (C=O) groups is 2. The minimum atomic E-state index is -0.530. The number of nitrogens with zero attached hydrogens (tertiary/aromatic N) is 3. The van der Waals surface area contributed by atoms with Crippen molar-refractivity contribution in [3.05, 3.63) is 57.9 Å². The summed E-state index contributed by atoms with van der Waals surface area (Å²) in [7, 11) is 1.32. The van der Waals surface area contributed by atoms with Crippen LogP contribution < -0.4 is 10.3 Å². The summed E-state index contributed by atoms with van der Waals surface area (Å²) in [6.45, 7) is 3.86. The zero-order chi connectivity index (χ0) is 23.2. The Morgan fingerprint density at radius 1 is 1.18 bits per heavy atom. The first kappa shape index (κ1) is 22.8. The first-order valence-electron chi connectivity index (χ1n) is 11.2. The Bertz CT molecular complexity index is 1070. The van der Waals surface area contributed by atoms with E-state index in [-0.39, 0.29) is 29.4 Å². The number of likely N-dealkylation sites (tertiary alicyclic amines) is 1. The molecule has 0 radical (unpaired) electrons. The number of esters is 1. The Morgan fingerprint density at radius 2 is 2.06 bits per heavy atom. The van der Waals surface area contributed by atoms with E-state index in [9.17, 15) is 14.4 Å². The van der Waals surface area contributed by atoms with Gasteiger partial charge in [0.25, 0.3) is 5.56 Å². The van der Waals surface area contributed by atoms with Crippen molar-refractivity contribution < 1.29 is 23.5 Å². The van der Waals surface area contributed by atoms with Crippen LogP contribution >= 0.6 is 0 Å². The van der Waals surface area contributed by atoms with Gasteiger partial charge in [-0.05, 0) is 24.6 Å². The number of aromatic nitrogens is 1. The van der Waals surface area contributed by atoms with Crippen LogP contribution in [0.4, 0.5) is 0 Å². The van der Waals surface area contributed by atoms with Crippen LogP contribution in [-0.2, 0) is 22.5 Å². The zero-order valence-electron chi connectivity index (χ0n) is 18.8. The van der Waals surface area contributed by atoms with Gasteiger partial charge in [0.15, 0.2) is 0 Å². The topological polar surface area (TPSA) is 94.2 Å². The second-order valence-electron chi connectivity index (χ2n) is 8.11. The number of pyridine rings is 1. The van der Waals surface area contributed by atoms with E-state index >= 15 is 0 Å². The van der Waals surface area contributed by atoms with Crippen molar-refractivity contribution in [3.8, 4) is 5.75 Å². The Kier molecular flexibility index (Phi) is 7.29. The van der Waals surface area contributed by atoms with Gasteiger partial charge in [-0.2, -0.15) is 0 Å². The van der Waals surface area contributed by atoms with E-state index in [4.69, 9.17) is 13.9 Å². The van der Waals surface area contributed by atoms with Gasteiger partial charge in [0.1, 0.15) is 23.7 Å². The molecular weight excluding hydrogens is 426 g/mol. The van der Waals surface area contributed by atoms with Crippen LogP contribution in [0.25, 0.3) is 6.08 Å². The van der Waals surface area contributed by atoms with E-state index in [1.165, 1.54) is 13.2 Å². The molecule has 0 unspecified atom stereocenters. The molecule has 1 saturated heterocycles. The summed E-state index contributed by atoms with van der Waals surface area (Å²) in [4.78, 5) is 41.3. The lowest BCUT2D eigenvalue weighted by molar-refractivity contribution is -0.128. The first-order chi connectivity index (χ1) is 16.1. The van der Waals surface area contributed by atoms with Crippen molar-refractivity contribution in [1.29, 1.82) is 0 Å². The Morgan fingerprint density at radius 3 is 2.79 bits per heavy atom. The molecule has 0 saturated carbocycles. The average molecular weight is 456 g/mol. The molecule has 2 aromatic rings. The van der Waals surface area contributed by atoms with Crippen LogP contribution in [0.3, 0.4) is 0 Å². The molecule has 1 fully saturated rings. The summed E-state index contributed by atoms with van der Waals surface area (Å²) in [5, 5.41) is 0. The molecule has 33 heavy (non-hydrogen) atoms. The molecule has 0 aromatic carbocycles. The van der Waals surface area contributed by atoms with E-state index in [0.717, 1.165) is 12.2 Å². The molecule has 4 heterocycles. The van der Waals surface area contributed by atoms with E-state index < -0.39 is 5.97 Å². The molecule has 0 spiro atoms. The molecule has 2 aliphatic heterocycles. The van der Waals surface area contributed by atoms with Gasteiger partial charge in [-0.3, -0.25) is 14.5 Å². The second kappa shape index (κ2) is 10.5. The highest BCUT2D eigenvalue weighted by molar-refractivity contribution is 5.93. The van der Waals surface area contributed by atoms with Crippen molar-refractivity contribution in [3.63, 3.8) is 0 Å².